The van der Waals surface area contributed by atoms with Crippen LogP contribution in [0.1, 0.15) is 16.1 Å². The number of ether oxygens (including phenoxy) is 2. The Morgan fingerprint density at radius 2 is 1.90 bits per heavy atom. The molecule has 0 aliphatic carbocycles. The third-order valence-corrected chi connectivity index (χ3v) is 4.64. The molecule has 9 nitrogen and oxygen atoms in total. The molecule has 150 valence electrons. The molecular weight excluding hydrogens is 442 g/mol. The zero-order valence-electron chi connectivity index (χ0n) is 15.7. The monoisotopic (exact) mass is 459 g/mol. The van der Waals surface area contributed by atoms with E-state index >= 15 is 0 Å². The van der Waals surface area contributed by atoms with Gasteiger partial charge in [-0.05, 0) is 47.1 Å². The van der Waals surface area contributed by atoms with Crippen molar-refractivity contribution in [3.05, 3.63) is 52.1 Å². The fourth-order valence-electron chi connectivity index (χ4n) is 2.56. The number of aryl methyl sites for hydroxylation is 1. The van der Waals surface area contributed by atoms with E-state index in [1.54, 1.807) is 12.1 Å². The van der Waals surface area contributed by atoms with Gasteiger partial charge in [0.15, 0.2) is 23.8 Å². The number of nitrogens with two attached hydrogens (primary N) is 1. The number of anilines is 1. The predicted molar refractivity (Wildman–Crippen MR) is 110 cm³/mol. The van der Waals surface area contributed by atoms with Crippen LogP contribution in [0.2, 0.25) is 0 Å². The van der Waals surface area contributed by atoms with E-state index in [1.165, 1.54) is 7.11 Å². The van der Waals surface area contributed by atoms with E-state index < -0.39 is 5.91 Å². The van der Waals surface area contributed by atoms with E-state index in [1.807, 2.05) is 31.2 Å². The molecule has 0 bridgehead atoms. The zero-order valence-corrected chi connectivity index (χ0v) is 17.2. The number of benzene rings is 2. The van der Waals surface area contributed by atoms with Gasteiger partial charge in [-0.15, -0.1) is 0 Å². The van der Waals surface area contributed by atoms with Gasteiger partial charge in [0.05, 0.1) is 7.11 Å². The molecule has 1 heterocycles. The predicted octanol–water partition coefficient (Wildman–Crippen LogP) is 2.67. The van der Waals surface area contributed by atoms with Gasteiger partial charge in [-0.25, -0.2) is 0 Å². The van der Waals surface area contributed by atoms with Gasteiger partial charge in [0, 0.05) is 15.7 Å². The standard InChI is InChI=1S/C19H18BrN5O4/c1-10-3-5-11(6-4-10)22-16(26)9-29-15-8-13(20)12(7-14(15)28-2)17-18(19(21)27)24-25-23-17/h3-8H,9H2,1-2H3,(H2,21,27)(H,22,26)(H,23,24,25). The molecular formula is C19H18BrN5O4. The molecule has 0 radical (unpaired) electrons. The van der Waals surface area contributed by atoms with Gasteiger partial charge in [-0.3, -0.25) is 9.59 Å². The van der Waals surface area contributed by atoms with Crippen LogP contribution in [0, 0.1) is 6.92 Å². The summed E-state index contributed by atoms with van der Waals surface area (Å²) in [5.41, 5.74) is 7.90. The van der Waals surface area contributed by atoms with Crippen molar-refractivity contribution in [2.24, 2.45) is 5.73 Å². The van der Waals surface area contributed by atoms with E-state index in [0.29, 0.717) is 27.2 Å². The molecule has 3 rings (SSSR count). The van der Waals surface area contributed by atoms with Gasteiger partial charge in [-0.2, -0.15) is 15.4 Å². The average Bonchev–Trinajstić information content (AvgIpc) is 3.18. The van der Waals surface area contributed by atoms with Crippen LogP contribution in [-0.4, -0.2) is 40.9 Å². The highest BCUT2D eigenvalue weighted by Gasteiger charge is 2.20. The number of aromatic nitrogens is 3. The van der Waals surface area contributed by atoms with Crippen molar-refractivity contribution in [2.75, 3.05) is 19.0 Å². The molecule has 2 amide bonds. The Morgan fingerprint density at radius 3 is 2.55 bits per heavy atom. The van der Waals surface area contributed by atoms with Crippen molar-refractivity contribution in [2.45, 2.75) is 6.92 Å². The highest BCUT2D eigenvalue weighted by Crippen LogP contribution is 2.38. The summed E-state index contributed by atoms with van der Waals surface area (Å²) < 4.78 is 11.5. The molecule has 29 heavy (non-hydrogen) atoms. The summed E-state index contributed by atoms with van der Waals surface area (Å²) in [4.78, 5) is 23.7. The van der Waals surface area contributed by atoms with Crippen LogP contribution in [0.15, 0.2) is 40.9 Å². The number of carbonyl (C=O) groups is 2. The smallest absolute Gasteiger partial charge is 0.271 e. The fraction of sp³-hybridized carbons (Fsp3) is 0.158. The summed E-state index contributed by atoms with van der Waals surface area (Å²) in [6.07, 6.45) is 0. The number of aromatic amines is 1. The minimum atomic E-state index is -0.715. The van der Waals surface area contributed by atoms with E-state index in [0.717, 1.165) is 5.56 Å². The SMILES string of the molecule is COc1cc(-c2n[nH]nc2C(N)=O)c(Br)cc1OCC(=O)Nc1ccc(C)cc1. The maximum atomic E-state index is 12.2. The van der Waals surface area contributed by atoms with Gasteiger partial charge in [0.1, 0.15) is 5.69 Å². The van der Waals surface area contributed by atoms with Crippen LogP contribution in [0.25, 0.3) is 11.3 Å². The number of methoxy groups -OCH3 is 1. The van der Waals surface area contributed by atoms with Crippen LogP contribution < -0.4 is 20.5 Å². The molecule has 0 fully saturated rings. The Morgan fingerprint density at radius 1 is 1.17 bits per heavy atom. The summed E-state index contributed by atoms with van der Waals surface area (Å²) in [5, 5.41) is 12.9. The van der Waals surface area contributed by atoms with Crippen molar-refractivity contribution >= 4 is 33.4 Å². The van der Waals surface area contributed by atoms with Gasteiger partial charge >= 0.3 is 0 Å². The number of primary amides is 1. The second kappa shape index (κ2) is 8.74. The zero-order chi connectivity index (χ0) is 21.0. The summed E-state index contributed by atoms with van der Waals surface area (Å²) >= 11 is 3.41. The first kappa shape index (κ1) is 20.3. The van der Waals surface area contributed by atoms with Gasteiger partial charge < -0.3 is 20.5 Å². The molecule has 1 aromatic heterocycles. The lowest BCUT2D eigenvalue weighted by atomic mass is 10.1. The lowest BCUT2D eigenvalue weighted by Gasteiger charge is -2.13. The first-order chi connectivity index (χ1) is 13.9. The summed E-state index contributed by atoms with van der Waals surface area (Å²) in [6, 6.07) is 10.7. The maximum Gasteiger partial charge on any atom is 0.271 e. The molecule has 0 unspecified atom stereocenters. The van der Waals surface area contributed by atoms with Crippen molar-refractivity contribution in [3.8, 4) is 22.8 Å². The highest BCUT2D eigenvalue weighted by atomic mass is 79.9. The van der Waals surface area contributed by atoms with Crippen molar-refractivity contribution in [3.63, 3.8) is 0 Å². The lowest BCUT2D eigenvalue weighted by molar-refractivity contribution is -0.118. The molecule has 4 N–H and O–H groups in total. The van der Waals surface area contributed by atoms with Crippen LogP contribution in [0.4, 0.5) is 5.69 Å². The molecule has 0 spiro atoms. The first-order valence-electron chi connectivity index (χ1n) is 8.47. The molecule has 2 aromatic carbocycles. The molecule has 10 heteroatoms. The number of hydrogen-bond donors (Lipinski definition) is 3. The van der Waals surface area contributed by atoms with E-state index in [-0.39, 0.29) is 23.9 Å². The number of nitrogens with zero attached hydrogens (tertiary/aromatic N) is 2. The first-order valence-corrected chi connectivity index (χ1v) is 9.26. The van der Waals surface area contributed by atoms with Crippen molar-refractivity contribution in [1.29, 1.82) is 0 Å². The Kier molecular flexibility index (Phi) is 6.13. The van der Waals surface area contributed by atoms with Crippen LogP contribution in [0.3, 0.4) is 0 Å². The highest BCUT2D eigenvalue weighted by molar-refractivity contribution is 9.10. The summed E-state index contributed by atoms with van der Waals surface area (Å²) in [7, 11) is 1.46. The van der Waals surface area contributed by atoms with Gasteiger partial charge in [-0.1, -0.05) is 17.7 Å². The largest absolute Gasteiger partial charge is 0.493 e. The third-order valence-electron chi connectivity index (χ3n) is 3.98. The molecule has 0 saturated carbocycles. The molecule has 3 aromatic rings. The second-order valence-electron chi connectivity index (χ2n) is 6.07. The Hall–Kier alpha value is -3.40. The second-order valence-corrected chi connectivity index (χ2v) is 6.93. The summed E-state index contributed by atoms with van der Waals surface area (Å²) in [6.45, 7) is 1.75. The van der Waals surface area contributed by atoms with Crippen molar-refractivity contribution < 1.29 is 19.1 Å². The van der Waals surface area contributed by atoms with E-state index in [2.05, 4.69) is 36.7 Å². The third kappa shape index (κ3) is 4.72. The number of halogens is 1. The minimum absolute atomic E-state index is 0.00102. The number of hydrogen-bond acceptors (Lipinski definition) is 6. The maximum absolute atomic E-state index is 12.2. The van der Waals surface area contributed by atoms with Crippen molar-refractivity contribution in [1.82, 2.24) is 15.4 Å². The number of H-pyrrole nitrogens is 1. The Bertz CT molecular complexity index is 1050. The number of amides is 2. The molecule has 0 atom stereocenters. The Balaban J connectivity index is 1.77. The fourth-order valence-corrected chi connectivity index (χ4v) is 3.07. The Labute approximate surface area is 174 Å². The number of rotatable bonds is 7. The number of nitrogens with one attached hydrogen (secondary N) is 2. The summed E-state index contributed by atoms with van der Waals surface area (Å²) in [5.74, 6) is -0.340. The quantitative estimate of drug-likeness (QED) is 0.497. The topological polar surface area (TPSA) is 132 Å². The van der Waals surface area contributed by atoms with Crippen LogP contribution in [0.5, 0.6) is 11.5 Å². The molecule has 0 aliphatic rings. The van der Waals surface area contributed by atoms with Crippen LogP contribution in [-0.2, 0) is 4.79 Å². The lowest BCUT2D eigenvalue weighted by Crippen LogP contribution is -2.20. The van der Waals surface area contributed by atoms with Gasteiger partial charge in [0.25, 0.3) is 11.8 Å². The molecule has 0 saturated heterocycles. The number of carbonyl (C=O) groups excluding carboxylic acids is 2. The minimum Gasteiger partial charge on any atom is -0.493 e. The molecule has 0 aliphatic heterocycles. The van der Waals surface area contributed by atoms with Gasteiger partial charge in [0.2, 0.25) is 0 Å². The van der Waals surface area contributed by atoms with E-state index in [4.69, 9.17) is 15.2 Å². The van der Waals surface area contributed by atoms with E-state index in [9.17, 15) is 9.59 Å². The average molecular weight is 460 g/mol. The van der Waals surface area contributed by atoms with Crippen LogP contribution >= 0.6 is 15.9 Å². The normalized spacial score (nSPS) is 10.4.